The van der Waals surface area contributed by atoms with Crippen molar-refractivity contribution in [2.45, 2.75) is 39.7 Å². The summed E-state index contributed by atoms with van der Waals surface area (Å²) in [6.45, 7) is 8.26. The summed E-state index contributed by atoms with van der Waals surface area (Å²) in [5.74, 6) is 0.902. The highest BCUT2D eigenvalue weighted by atomic mass is 16.5. The van der Waals surface area contributed by atoms with Crippen LogP contribution >= 0.6 is 0 Å². The standard InChI is InChI=1S/C11H17NO/c1-5-11(3,4)13-10-6-7-12-9(2)8-10/h6-8H,5H2,1-4H3. The summed E-state index contributed by atoms with van der Waals surface area (Å²) in [6.07, 6.45) is 2.77. The lowest BCUT2D eigenvalue weighted by molar-refractivity contribution is 0.105. The molecule has 0 aromatic carbocycles. The van der Waals surface area contributed by atoms with Crippen molar-refractivity contribution in [1.82, 2.24) is 4.98 Å². The molecular formula is C11H17NO. The molecule has 0 N–H and O–H groups in total. The van der Waals surface area contributed by atoms with E-state index in [0.717, 1.165) is 17.9 Å². The van der Waals surface area contributed by atoms with Gasteiger partial charge >= 0.3 is 0 Å². The molecule has 72 valence electrons. The van der Waals surface area contributed by atoms with Crippen molar-refractivity contribution in [3.8, 4) is 5.75 Å². The lowest BCUT2D eigenvalue weighted by Gasteiger charge is -2.24. The zero-order valence-corrected chi connectivity index (χ0v) is 8.79. The van der Waals surface area contributed by atoms with Gasteiger partial charge in [-0.25, -0.2) is 0 Å². The third-order valence-corrected chi connectivity index (χ3v) is 2.11. The zero-order chi connectivity index (χ0) is 9.90. The fraction of sp³-hybridized carbons (Fsp3) is 0.545. The summed E-state index contributed by atoms with van der Waals surface area (Å²) in [6, 6.07) is 3.85. The second-order valence-electron chi connectivity index (χ2n) is 3.85. The van der Waals surface area contributed by atoms with Crippen molar-refractivity contribution in [2.75, 3.05) is 0 Å². The van der Waals surface area contributed by atoms with Gasteiger partial charge in [0.25, 0.3) is 0 Å². The monoisotopic (exact) mass is 179 g/mol. The Hall–Kier alpha value is -1.05. The second kappa shape index (κ2) is 3.77. The first-order chi connectivity index (χ1) is 6.03. The van der Waals surface area contributed by atoms with Gasteiger partial charge in [0.05, 0.1) is 0 Å². The van der Waals surface area contributed by atoms with Crippen LogP contribution in [0.25, 0.3) is 0 Å². The van der Waals surface area contributed by atoms with Crippen LogP contribution in [0, 0.1) is 6.92 Å². The number of aromatic nitrogens is 1. The number of nitrogens with zero attached hydrogens (tertiary/aromatic N) is 1. The molecule has 0 saturated carbocycles. The van der Waals surface area contributed by atoms with Gasteiger partial charge in [-0.2, -0.15) is 0 Å². The average molecular weight is 179 g/mol. The Bertz CT molecular complexity index is 281. The minimum Gasteiger partial charge on any atom is -0.488 e. The van der Waals surface area contributed by atoms with Crippen LogP contribution in [0.3, 0.4) is 0 Å². The van der Waals surface area contributed by atoms with Gasteiger partial charge in [0.1, 0.15) is 11.4 Å². The van der Waals surface area contributed by atoms with Crippen LogP contribution in [0.4, 0.5) is 0 Å². The van der Waals surface area contributed by atoms with Crippen molar-refractivity contribution in [1.29, 1.82) is 0 Å². The van der Waals surface area contributed by atoms with Crippen LogP contribution in [0.15, 0.2) is 18.3 Å². The topological polar surface area (TPSA) is 22.1 Å². The number of aryl methyl sites for hydroxylation is 1. The van der Waals surface area contributed by atoms with Gasteiger partial charge in [0.2, 0.25) is 0 Å². The van der Waals surface area contributed by atoms with Crippen LogP contribution in [-0.2, 0) is 0 Å². The van der Waals surface area contributed by atoms with Gasteiger partial charge in [-0.15, -0.1) is 0 Å². The molecule has 13 heavy (non-hydrogen) atoms. The molecular weight excluding hydrogens is 162 g/mol. The van der Waals surface area contributed by atoms with E-state index < -0.39 is 0 Å². The van der Waals surface area contributed by atoms with E-state index in [-0.39, 0.29) is 5.60 Å². The van der Waals surface area contributed by atoms with Crippen molar-refractivity contribution in [2.24, 2.45) is 0 Å². The number of hydrogen-bond donors (Lipinski definition) is 0. The van der Waals surface area contributed by atoms with Crippen molar-refractivity contribution >= 4 is 0 Å². The van der Waals surface area contributed by atoms with Gasteiger partial charge in [-0.3, -0.25) is 4.98 Å². The van der Waals surface area contributed by atoms with E-state index in [9.17, 15) is 0 Å². The minimum atomic E-state index is -0.0895. The molecule has 0 spiro atoms. The Morgan fingerprint density at radius 1 is 1.46 bits per heavy atom. The molecule has 1 aromatic heterocycles. The summed E-state index contributed by atoms with van der Waals surface area (Å²) in [7, 11) is 0. The number of ether oxygens (including phenoxy) is 1. The molecule has 0 radical (unpaired) electrons. The smallest absolute Gasteiger partial charge is 0.123 e. The maximum Gasteiger partial charge on any atom is 0.123 e. The fourth-order valence-electron chi connectivity index (χ4n) is 0.974. The predicted octanol–water partition coefficient (Wildman–Crippen LogP) is 2.96. The van der Waals surface area contributed by atoms with E-state index in [1.807, 2.05) is 19.1 Å². The van der Waals surface area contributed by atoms with Gasteiger partial charge in [-0.05, 0) is 33.3 Å². The van der Waals surface area contributed by atoms with E-state index in [4.69, 9.17) is 4.74 Å². The molecule has 0 unspecified atom stereocenters. The lowest BCUT2D eigenvalue weighted by Crippen LogP contribution is -2.26. The largest absolute Gasteiger partial charge is 0.488 e. The van der Waals surface area contributed by atoms with Crippen LogP contribution in [0.2, 0.25) is 0 Å². The molecule has 0 atom stereocenters. The third kappa shape index (κ3) is 3.05. The van der Waals surface area contributed by atoms with Crippen LogP contribution in [0.1, 0.15) is 32.9 Å². The first-order valence-electron chi connectivity index (χ1n) is 4.65. The molecule has 2 heteroatoms. The molecule has 1 rings (SSSR count). The summed E-state index contributed by atoms with van der Waals surface area (Å²) in [4.78, 5) is 4.12. The average Bonchev–Trinajstić information content (AvgIpc) is 2.03. The van der Waals surface area contributed by atoms with Gasteiger partial charge < -0.3 is 4.74 Å². The minimum absolute atomic E-state index is 0.0895. The summed E-state index contributed by atoms with van der Waals surface area (Å²) in [5, 5.41) is 0. The zero-order valence-electron chi connectivity index (χ0n) is 8.79. The Kier molecular flexibility index (Phi) is 2.91. The molecule has 0 bridgehead atoms. The van der Waals surface area contributed by atoms with Crippen molar-refractivity contribution in [3.63, 3.8) is 0 Å². The lowest BCUT2D eigenvalue weighted by atomic mass is 10.1. The van der Waals surface area contributed by atoms with Crippen molar-refractivity contribution in [3.05, 3.63) is 24.0 Å². The quantitative estimate of drug-likeness (QED) is 0.711. The first-order valence-corrected chi connectivity index (χ1v) is 4.65. The first kappa shape index (κ1) is 10.0. The van der Waals surface area contributed by atoms with Crippen LogP contribution in [-0.4, -0.2) is 10.6 Å². The van der Waals surface area contributed by atoms with Crippen molar-refractivity contribution < 1.29 is 4.74 Å². The van der Waals surface area contributed by atoms with Gasteiger partial charge in [0, 0.05) is 18.0 Å². The van der Waals surface area contributed by atoms with Gasteiger partial charge in [0.15, 0.2) is 0 Å². The Balaban J connectivity index is 2.74. The maximum absolute atomic E-state index is 5.79. The number of pyridine rings is 1. The van der Waals surface area contributed by atoms with E-state index in [1.54, 1.807) is 6.20 Å². The molecule has 0 aliphatic rings. The number of rotatable bonds is 3. The summed E-state index contributed by atoms with van der Waals surface area (Å²) in [5.41, 5.74) is 0.901. The molecule has 1 aromatic rings. The molecule has 2 nitrogen and oxygen atoms in total. The number of hydrogen-bond acceptors (Lipinski definition) is 2. The molecule has 0 saturated heterocycles. The fourth-order valence-corrected chi connectivity index (χ4v) is 0.974. The van der Waals surface area contributed by atoms with E-state index >= 15 is 0 Å². The SMILES string of the molecule is CCC(C)(C)Oc1ccnc(C)c1. The normalized spacial score (nSPS) is 11.4. The Labute approximate surface area is 80.0 Å². The Morgan fingerprint density at radius 3 is 2.69 bits per heavy atom. The van der Waals surface area contributed by atoms with Crippen LogP contribution in [0.5, 0.6) is 5.75 Å². The summed E-state index contributed by atoms with van der Waals surface area (Å²) < 4.78 is 5.79. The molecule has 0 aliphatic carbocycles. The highest BCUT2D eigenvalue weighted by Crippen LogP contribution is 2.20. The van der Waals surface area contributed by atoms with E-state index in [1.165, 1.54) is 0 Å². The Morgan fingerprint density at radius 2 is 2.15 bits per heavy atom. The highest BCUT2D eigenvalue weighted by molar-refractivity contribution is 5.22. The summed E-state index contributed by atoms with van der Waals surface area (Å²) >= 11 is 0. The third-order valence-electron chi connectivity index (χ3n) is 2.11. The second-order valence-corrected chi connectivity index (χ2v) is 3.85. The molecule has 1 heterocycles. The van der Waals surface area contributed by atoms with E-state index in [0.29, 0.717) is 0 Å². The molecule has 0 fully saturated rings. The van der Waals surface area contributed by atoms with E-state index in [2.05, 4.69) is 25.8 Å². The van der Waals surface area contributed by atoms with Gasteiger partial charge in [-0.1, -0.05) is 6.92 Å². The molecule has 0 aliphatic heterocycles. The van der Waals surface area contributed by atoms with Crippen LogP contribution < -0.4 is 4.74 Å². The highest BCUT2D eigenvalue weighted by Gasteiger charge is 2.16. The molecule has 0 amide bonds. The predicted molar refractivity (Wildman–Crippen MR) is 54.0 cm³/mol. The maximum atomic E-state index is 5.79.